The van der Waals surface area contributed by atoms with Crippen molar-refractivity contribution >= 4 is 56.3 Å². The number of amides is 1. The molecular weight excluding hydrogens is 445 g/mol. The van der Waals surface area contributed by atoms with Gasteiger partial charge in [0, 0.05) is 13.7 Å². The second-order valence-electron chi connectivity index (χ2n) is 4.21. The van der Waals surface area contributed by atoms with Crippen molar-refractivity contribution in [2.24, 2.45) is 5.10 Å². The fourth-order valence-corrected chi connectivity index (χ4v) is 2.39. The van der Waals surface area contributed by atoms with Crippen molar-refractivity contribution < 1.29 is 4.79 Å². The maximum Gasteiger partial charge on any atom is 0.259 e. The summed E-state index contributed by atoms with van der Waals surface area (Å²) in [7, 11) is 0. The van der Waals surface area contributed by atoms with Crippen molar-refractivity contribution in [3.05, 3.63) is 62.1 Å². The molecule has 0 aliphatic heterocycles. The first-order valence-corrected chi connectivity index (χ1v) is 8.07. The minimum absolute atomic E-state index is 0.172. The molecule has 0 saturated heterocycles. The molecule has 6 heteroatoms. The molecule has 4 nitrogen and oxygen atoms in total. The van der Waals surface area contributed by atoms with Crippen LogP contribution in [-0.4, -0.2) is 18.7 Å². The number of rotatable bonds is 5. The first-order chi connectivity index (χ1) is 10.1. The van der Waals surface area contributed by atoms with Gasteiger partial charge >= 0.3 is 0 Å². The molecule has 2 aromatic rings. The fourth-order valence-electron chi connectivity index (χ4n) is 1.56. The summed E-state index contributed by atoms with van der Waals surface area (Å²) < 4.78 is 2.12. The minimum Gasteiger partial charge on any atom is -0.376 e. The van der Waals surface area contributed by atoms with E-state index < -0.39 is 0 Å². The van der Waals surface area contributed by atoms with Crippen LogP contribution in [0.25, 0.3) is 0 Å². The van der Waals surface area contributed by atoms with Gasteiger partial charge in [0.05, 0.1) is 12.8 Å². The molecule has 2 aromatic carbocycles. The van der Waals surface area contributed by atoms with Crippen molar-refractivity contribution in [2.45, 2.75) is 0 Å². The predicted octanol–water partition coefficient (Wildman–Crippen LogP) is 3.62. The van der Waals surface area contributed by atoms with Gasteiger partial charge < -0.3 is 5.32 Å². The number of hydrogen-bond acceptors (Lipinski definition) is 3. The van der Waals surface area contributed by atoms with Gasteiger partial charge in [0.1, 0.15) is 0 Å². The molecule has 0 unspecified atom stereocenters. The Bertz CT molecular complexity index is 644. The number of halogens is 2. The Morgan fingerprint density at radius 1 is 1.24 bits per heavy atom. The highest BCUT2D eigenvalue weighted by Gasteiger charge is 1.99. The van der Waals surface area contributed by atoms with Crippen LogP contribution >= 0.6 is 38.5 Å². The van der Waals surface area contributed by atoms with E-state index in [1.54, 1.807) is 6.21 Å². The van der Waals surface area contributed by atoms with Crippen LogP contribution in [0.15, 0.2) is 58.1 Å². The lowest BCUT2D eigenvalue weighted by Gasteiger charge is -2.05. The Labute approximate surface area is 145 Å². The molecule has 0 saturated carbocycles. The summed E-state index contributed by atoms with van der Waals surface area (Å²) in [5.74, 6) is -0.195. The molecule has 0 heterocycles. The molecule has 1 amide bonds. The van der Waals surface area contributed by atoms with Crippen molar-refractivity contribution in [3.8, 4) is 0 Å². The number of nitrogens with zero attached hydrogens (tertiary/aromatic N) is 1. The SMILES string of the molecule is O=C(CNc1ccc(Br)cc1)N/N=C\c1cccc(I)c1. The number of hydrazone groups is 1. The maximum absolute atomic E-state index is 11.6. The van der Waals surface area contributed by atoms with Crippen molar-refractivity contribution in [1.82, 2.24) is 5.43 Å². The number of nitrogens with one attached hydrogen (secondary N) is 2. The van der Waals surface area contributed by atoms with Gasteiger partial charge in [-0.2, -0.15) is 5.10 Å². The molecular formula is C15H13BrIN3O. The number of benzene rings is 2. The first kappa shape index (κ1) is 16.0. The molecule has 108 valence electrons. The van der Waals surface area contributed by atoms with E-state index in [-0.39, 0.29) is 12.5 Å². The third-order valence-electron chi connectivity index (χ3n) is 2.55. The Hall–Kier alpha value is -1.41. The second kappa shape index (κ2) is 8.14. The lowest BCUT2D eigenvalue weighted by molar-refractivity contribution is -0.119. The van der Waals surface area contributed by atoms with Crippen LogP contribution in [0.3, 0.4) is 0 Å². The first-order valence-electron chi connectivity index (χ1n) is 6.20. The maximum atomic E-state index is 11.6. The zero-order chi connectivity index (χ0) is 15.1. The van der Waals surface area contributed by atoms with Gasteiger partial charge in [0.25, 0.3) is 5.91 Å². The van der Waals surface area contributed by atoms with Gasteiger partial charge in [0.15, 0.2) is 0 Å². The highest BCUT2D eigenvalue weighted by atomic mass is 127. The summed E-state index contributed by atoms with van der Waals surface area (Å²) >= 11 is 5.59. The van der Waals surface area contributed by atoms with Gasteiger partial charge in [0.2, 0.25) is 0 Å². The molecule has 21 heavy (non-hydrogen) atoms. The van der Waals surface area contributed by atoms with E-state index in [0.717, 1.165) is 19.3 Å². The quantitative estimate of drug-likeness (QED) is 0.409. The van der Waals surface area contributed by atoms with Crippen LogP contribution in [0.5, 0.6) is 0 Å². The van der Waals surface area contributed by atoms with E-state index in [0.29, 0.717) is 0 Å². The Kier molecular flexibility index (Phi) is 6.19. The number of hydrogen-bond donors (Lipinski definition) is 2. The normalized spacial score (nSPS) is 10.6. The Morgan fingerprint density at radius 3 is 2.71 bits per heavy atom. The molecule has 0 spiro atoms. The van der Waals surface area contributed by atoms with Crippen LogP contribution in [0.4, 0.5) is 5.69 Å². The van der Waals surface area contributed by atoms with Crippen LogP contribution in [0, 0.1) is 3.57 Å². The minimum atomic E-state index is -0.195. The fraction of sp³-hybridized carbons (Fsp3) is 0.0667. The summed E-state index contributed by atoms with van der Waals surface area (Å²) in [6, 6.07) is 15.5. The number of anilines is 1. The van der Waals surface area contributed by atoms with Crippen LogP contribution < -0.4 is 10.7 Å². The molecule has 0 radical (unpaired) electrons. The van der Waals surface area contributed by atoms with Gasteiger partial charge in [-0.15, -0.1) is 0 Å². The van der Waals surface area contributed by atoms with Gasteiger partial charge in [-0.3, -0.25) is 4.79 Å². The van der Waals surface area contributed by atoms with Gasteiger partial charge in [-0.25, -0.2) is 5.43 Å². The molecule has 0 aliphatic carbocycles. The predicted molar refractivity (Wildman–Crippen MR) is 97.5 cm³/mol. The zero-order valence-corrected chi connectivity index (χ0v) is 14.8. The van der Waals surface area contributed by atoms with Crippen molar-refractivity contribution in [3.63, 3.8) is 0 Å². The Balaban J connectivity index is 1.78. The van der Waals surface area contributed by atoms with Crippen LogP contribution in [-0.2, 0) is 4.79 Å². The molecule has 2 rings (SSSR count). The second-order valence-corrected chi connectivity index (χ2v) is 6.37. The Morgan fingerprint density at radius 2 is 2.00 bits per heavy atom. The molecule has 0 atom stereocenters. The summed E-state index contributed by atoms with van der Waals surface area (Å²) in [6.45, 7) is 0.172. The molecule has 0 aliphatic rings. The zero-order valence-electron chi connectivity index (χ0n) is 11.0. The molecule has 0 aromatic heterocycles. The monoisotopic (exact) mass is 457 g/mol. The van der Waals surface area contributed by atoms with E-state index in [1.807, 2.05) is 48.5 Å². The highest BCUT2D eigenvalue weighted by Crippen LogP contribution is 2.13. The van der Waals surface area contributed by atoms with Gasteiger partial charge in [-0.1, -0.05) is 28.1 Å². The lowest BCUT2D eigenvalue weighted by atomic mass is 10.2. The average molecular weight is 458 g/mol. The summed E-state index contributed by atoms with van der Waals surface area (Å²) in [4.78, 5) is 11.6. The topological polar surface area (TPSA) is 53.5 Å². The summed E-state index contributed by atoms with van der Waals surface area (Å²) in [5.41, 5.74) is 4.32. The average Bonchev–Trinajstić information content (AvgIpc) is 2.47. The standard InChI is InChI=1S/C15H13BrIN3O/c16-12-4-6-14(7-5-12)18-10-15(21)20-19-9-11-2-1-3-13(17)8-11/h1-9,18H,10H2,(H,20,21)/b19-9-. The molecule has 0 bridgehead atoms. The molecule has 2 N–H and O–H groups in total. The largest absolute Gasteiger partial charge is 0.376 e. The third-order valence-corrected chi connectivity index (χ3v) is 3.75. The van der Waals surface area contributed by atoms with Gasteiger partial charge in [-0.05, 0) is 64.6 Å². The smallest absolute Gasteiger partial charge is 0.259 e. The lowest BCUT2D eigenvalue weighted by Crippen LogP contribution is -2.25. The number of carbonyl (C=O) groups excluding carboxylic acids is 1. The van der Waals surface area contributed by atoms with Crippen LogP contribution in [0.2, 0.25) is 0 Å². The van der Waals surface area contributed by atoms with E-state index in [9.17, 15) is 4.79 Å². The van der Waals surface area contributed by atoms with E-state index >= 15 is 0 Å². The number of carbonyl (C=O) groups is 1. The third kappa shape index (κ3) is 5.84. The van der Waals surface area contributed by atoms with Crippen molar-refractivity contribution in [2.75, 3.05) is 11.9 Å². The highest BCUT2D eigenvalue weighted by molar-refractivity contribution is 14.1. The van der Waals surface area contributed by atoms with E-state index in [4.69, 9.17) is 0 Å². The van der Waals surface area contributed by atoms with E-state index in [2.05, 4.69) is 54.4 Å². The van der Waals surface area contributed by atoms with Crippen LogP contribution in [0.1, 0.15) is 5.56 Å². The summed E-state index contributed by atoms with van der Waals surface area (Å²) in [6.07, 6.45) is 1.62. The molecule has 0 fully saturated rings. The van der Waals surface area contributed by atoms with Crippen molar-refractivity contribution in [1.29, 1.82) is 0 Å². The van der Waals surface area contributed by atoms with E-state index in [1.165, 1.54) is 0 Å². The summed E-state index contributed by atoms with van der Waals surface area (Å²) in [5, 5.41) is 6.96.